The van der Waals surface area contributed by atoms with Crippen molar-refractivity contribution in [2.45, 2.75) is 25.8 Å². The molecule has 0 aliphatic carbocycles. The average Bonchev–Trinajstić information content (AvgIpc) is 3.34. The van der Waals surface area contributed by atoms with Crippen LogP contribution in [0.4, 0.5) is 0 Å². The van der Waals surface area contributed by atoms with E-state index in [9.17, 15) is 5.26 Å². The quantitative estimate of drug-likeness (QED) is 0.837. The molecule has 0 amide bonds. The third-order valence-electron chi connectivity index (χ3n) is 5.16. The summed E-state index contributed by atoms with van der Waals surface area (Å²) < 4.78 is 6.05. The van der Waals surface area contributed by atoms with Crippen molar-refractivity contribution in [2.75, 3.05) is 13.1 Å². The summed E-state index contributed by atoms with van der Waals surface area (Å²) in [5.74, 6) is 0.988. The van der Waals surface area contributed by atoms with Gasteiger partial charge in [-0.3, -0.25) is 0 Å². The second kappa shape index (κ2) is 7.35. The fraction of sp³-hybridized carbons (Fsp3) is 0.286. The van der Waals surface area contributed by atoms with Crippen molar-refractivity contribution in [3.8, 4) is 6.07 Å². The van der Waals surface area contributed by atoms with E-state index < -0.39 is 0 Å². The molecule has 2 atom stereocenters. The van der Waals surface area contributed by atoms with Gasteiger partial charge in [-0.1, -0.05) is 12.1 Å². The van der Waals surface area contributed by atoms with E-state index in [1.807, 2.05) is 6.07 Å². The molecule has 4 nitrogen and oxygen atoms in total. The highest BCUT2D eigenvalue weighted by Crippen LogP contribution is 2.43. The Morgan fingerprint density at radius 1 is 1.26 bits per heavy atom. The zero-order valence-corrected chi connectivity index (χ0v) is 17.0. The van der Waals surface area contributed by atoms with Gasteiger partial charge in [0.25, 0.3) is 0 Å². The van der Waals surface area contributed by atoms with Crippen molar-refractivity contribution in [2.24, 2.45) is 5.73 Å². The van der Waals surface area contributed by atoms with E-state index in [-0.39, 0.29) is 11.8 Å². The first-order valence-corrected chi connectivity index (χ1v) is 10.8. The molecule has 2 aromatic heterocycles. The predicted octanol–water partition coefficient (Wildman–Crippen LogP) is 3.26. The van der Waals surface area contributed by atoms with Crippen LogP contribution in [0.1, 0.15) is 29.5 Å². The number of nitrogens with one attached hydrogen (secondary N) is 1. The van der Waals surface area contributed by atoms with Gasteiger partial charge in [0.1, 0.15) is 30.5 Å². The van der Waals surface area contributed by atoms with Crippen LogP contribution in [0.5, 0.6) is 0 Å². The van der Waals surface area contributed by atoms with Gasteiger partial charge >= 0.3 is 0 Å². The molecule has 2 aromatic rings. The van der Waals surface area contributed by atoms with Crippen molar-refractivity contribution >= 4 is 28.7 Å². The molecular formula is C21H22N3OS2+. The van der Waals surface area contributed by atoms with Gasteiger partial charge in [-0.25, -0.2) is 0 Å². The lowest BCUT2D eigenvalue weighted by molar-refractivity contribution is -0.913. The second-order valence-electron chi connectivity index (χ2n) is 7.15. The highest BCUT2D eigenvalue weighted by Gasteiger charge is 2.40. The highest BCUT2D eigenvalue weighted by molar-refractivity contribution is 7.10. The van der Waals surface area contributed by atoms with Crippen LogP contribution >= 0.6 is 22.7 Å². The first kappa shape index (κ1) is 18.1. The monoisotopic (exact) mass is 396 g/mol. The van der Waals surface area contributed by atoms with Gasteiger partial charge in [-0.2, -0.15) is 5.26 Å². The SMILES string of the molecule is CC(C)[NH+]1CC2=C(OC(N)=C(C#N)[C@H]2c2cccs2)/C(=C/c2cccs2)C1. The summed E-state index contributed by atoms with van der Waals surface area (Å²) in [5, 5.41) is 13.9. The summed E-state index contributed by atoms with van der Waals surface area (Å²) >= 11 is 3.38. The highest BCUT2D eigenvalue weighted by atomic mass is 32.1. The van der Waals surface area contributed by atoms with Crippen LogP contribution in [0.3, 0.4) is 0 Å². The molecular weight excluding hydrogens is 374 g/mol. The normalized spacial score (nSPS) is 24.1. The fourth-order valence-corrected chi connectivity index (χ4v) is 5.27. The van der Waals surface area contributed by atoms with Crippen molar-refractivity contribution < 1.29 is 9.64 Å². The molecule has 3 N–H and O–H groups in total. The smallest absolute Gasteiger partial charge is 0.205 e. The van der Waals surface area contributed by atoms with Gasteiger partial charge in [-0.15, -0.1) is 22.7 Å². The maximum absolute atomic E-state index is 9.76. The van der Waals surface area contributed by atoms with E-state index in [0.717, 1.165) is 29.3 Å². The molecule has 0 saturated carbocycles. The van der Waals surface area contributed by atoms with E-state index in [1.165, 1.54) is 15.4 Å². The fourth-order valence-electron chi connectivity index (χ4n) is 3.72. The molecule has 2 aliphatic heterocycles. The standard InChI is InChI=1S/C21H21N3OS2/c1-13(2)24-11-14(9-15-5-3-7-26-15)20-17(12-24)19(18-6-4-8-27-18)16(10-22)21(23)25-20/h3-9,13,19H,11-12,23H2,1-2H3/p+1/b14-9+/t19-/m1/s1. The first-order valence-electron chi connectivity index (χ1n) is 9.01. The van der Waals surface area contributed by atoms with Gasteiger partial charge in [0, 0.05) is 15.3 Å². The lowest BCUT2D eigenvalue weighted by atomic mass is 9.83. The lowest BCUT2D eigenvalue weighted by Gasteiger charge is -2.37. The van der Waals surface area contributed by atoms with E-state index in [1.54, 1.807) is 22.7 Å². The van der Waals surface area contributed by atoms with E-state index >= 15 is 0 Å². The Morgan fingerprint density at radius 2 is 2.04 bits per heavy atom. The second-order valence-corrected chi connectivity index (χ2v) is 9.10. The summed E-state index contributed by atoms with van der Waals surface area (Å²) in [5.41, 5.74) is 9.05. The van der Waals surface area contributed by atoms with E-state index in [2.05, 4.69) is 55.0 Å². The largest absolute Gasteiger partial charge is 0.440 e. The molecule has 0 spiro atoms. The van der Waals surface area contributed by atoms with Crippen LogP contribution in [0.15, 0.2) is 63.4 Å². The lowest BCUT2D eigenvalue weighted by Crippen LogP contribution is -3.16. The first-order chi connectivity index (χ1) is 13.1. The Balaban J connectivity index is 1.87. The third kappa shape index (κ3) is 3.34. The molecule has 0 aromatic carbocycles. The zero-order valence-electron chi connectivity index (χ0n) is 15.4. The minimum absolute atomic E-state index is 0.112. The summed E-state index contributed by atoms with van der Waals surface area (Å²) in [4.78, 5) is 3.82. The molecule has 0 radical (unpaired) electrons. The van der Waals surface area contributed by atoms with Gasteiger partial charge in [0.15, 0.2) is 0 Å². The minimum atomic E-state index is -0.112. The maximum atomic E-state index is 9.76. The Morgan fingerprint density at radius 3 is 2.67 bits per heavy atom. The van der Waals surface area contributed by atoms with Gasteiger partial charge in [-0.05, 0) is 42.8 Å². The number of allylic oxidation sites excluding steroid dienone is 1. The number of hydrogen-bond donors (Lipinski definition) is 2. The number of quaternary nitrogens is 1. The van der Waals surface area contributed by atoms with Gasteiger partial charge in [0.2, 0.25) is 5.88 Å². The van der Waals surface area contributed by atoms with Crippen molar-refractivity contribution in [3.63, 3.8) is 0 Å². The molecule has 0 bridgehead atoms. The number of nitrogens with zero attached hydrogens (tertiary/aromatic N) is 1. The molecule has 0 saturated heterocycles. The summed E-state index contributed by atoms with van der Waals surface area (Å²) in [6.45, 7) is 6.22. The maximum Gasteiger partial charge on any atom is 0.205 e. The van der Waals surface area contributed by atoms with Crippen molar-refractivity contribution in [1.29, 1.82) is 5.26 Å². The Bertz CT molecular complexity index is 960. The molecule has 1 unspecified atom stereocenters. The third-order valence-corrected chi connectivity index (χ3v) is 6.91. The predicted molar refractivity (Wildman–Crippen MR) is 110 cm³/mol. The Hall–Kier alpha value is -2.33. The van der Waals surface area contributed by atoms with E-state index in [0.29, 0.717) is 11.6 Å². The minimum Gasteiger partial charge on any atom is -0.440 e. The van der Waals surface area contributed by atoms with E-state index in [4.69, 9.17) is 10.5 Å². The molecule has 6 heteroatoms. The van der Waals surface area contributed by atoms with Crippen LogP contribution in [-0.2, 0) is 4.74 Å². The molecule has 2 aliphatic rings. The number of ether oxygens (including phenoxy) is 1. The Labute approximate surface area is 167 Å². The summed E-state index contributed by atoms with van der Waals surface area (Å²) in [7, 11) is 0. The van der Waals surface area contributed by atoms with Crippen molar-refractivity contribution in [3.05, 3.63) is 73.1 Å². The average molecular weight is 397 g/mol. The molecule has 0 fully saturated rings. The van der Waals surface area contributed by atoms with Gasteiger partial charge < -0.3 is 15.4 Å². The number of hydrogen-bond acceptors (Lipinski definition) is 5. The topological polar surface area (TPSA) is 63.5 Å². The van der Waals surface area contributed by atoms with Crippen LogP contribution in [0.25, 0.3) is 6.08 Å². The Kier molecular flexibility index (Phi) is 4.92. The molecule has 4 heterocycles. The summed E-state index contributed by atoms with van der Waals surface area (Å²) in [6.07, 6.45) is 2.21. The number of nitriles is 1. The van der Waals surface area contributed by atoms with Gasteiger partial charge in [0.05, 0.1) is 17.5 Å². The van der Waals surface area contributed by atoms with Crippen LogP contribution < -0.4 is 10.6 Å². The zero-order chi connectivity index (χ0) is 19.0. The number of rotatable bonds is 3. The molecule has 138 valence electrons. The van der Waals surface area contributed by atoms with Crippen LogP contribution in [0, 0.1) is 11.3 Å². The summed E-state index contributed by atoms with van der Waals surface area (Å²) in [6, 6.07) is 11.1. The number of thiophene rings is 2. The number of nitrogens with two attached hydrogens (primary N) is 1. The molecule has 27 heavy (non-hydrogen) atoms. The van der Waals surface area contributed by atoms with Crippen LogP contribution in [-0.4, -0.2) is 19.1 Å². The van der Waals surface area contributed by atoms with Crippen LogP contribution in [0.2, 0.25) is 0 Å². The molecule has 4 rings (SSSR count). The van der Waals surface area contributed by atoms with Crippen molar-refractivity contribution in [1.82, 2.24) is 0 Å².